The maximum Gasteiger partial charge on any atom is 0.201 e. The van der Waals surface area contributed by atoms with E-state index in [1.54, 1.807) is 16.6 Å². The minimum absolute atomic E-state index is 0.199. The van der Waals surface area contributed by atoms with E-state index >= 15 is 0 Å². The van der Waals surface area contributed by atoms with Crippen LogP contribution < -0.4 is 10.6 Å². The predicted molar refractivity (Wildman–Crippen MR) is 108 cm³/mol. The molecule has 0 radical (unpaired) electrons. The summed E-state index contributed by atoms with van der Waals surface area (Å²) in [5, 5.41) is 28.3. The molecule has 0 saturated heterocycles. The summed E-state index contributed by atoms with van der Waals surface area (Å²) in [6, 6.07) is 5.38. The molecule has 0 amide bonds. The normalized spacial score (nSPS) is 11.5. The maximum absolute atomic E-state index is 5.82. The van der Waals surface area contributed by atoms with Gasteiger partial charge in [0.2, 0.25) is 5.65 Å². The lowest BCUT2D eigenvalue weighted by atomic mass is 10.0. The molecule has 8 nitrogen and oxygen atoms in total. The molecule has 0 aliphatic rings. The Morgan fingerprint density at radius 1 is 1.04 bits per heavy atom. The number of hydrogen-bond donors (Lipinski definition) is 2. The first kappa shape index (κ1) is 19.3. The van der Waals surface area contributed by atoms with Gasteiger partial charge in [0.25, 0.3) is 0 Å². The van der Waals surface area contributed by atoms with Crippen molar-refractivity contribution in [3.8, 4) is 0 Å². The Kier molecular flexibility index (Phi) is 6.05. The predicted octanol–water partition coefficient (Wildman–Crippen LogP) is 4.28. The van der Waals surface area contributed by atoms with E-state index in [1.807, 2.05) is 6.07 Å². The van der Waals surface area contributed by atoms with Crippen LogP contribution >= 0.6 is 11.6 Å². The van der Waals surface area contributed by atoms with E-state index in [9.17, 15) is 0 Å². The SMILES string of the molecule is CCC(CC)CNc1cc(Nc2ccc(Cl)nn2)c2nnc(C(C)C)n2n1. The van der Waals surface area contributed by atoms with Crippen LogP contribution in [0.15, 0.2) is 18.2 Å². The highest BCUT2D eigenvalue weighted by Crippen LogP contribution is 2.25. The molecule has 2 N–H and O–H groups in total. The summed E-state index contributed by atoms with van der Waals surface area (Å²) in [5.41, 5.74) is 1.40. The molecule has 0 bridgehead atoms. The average Bonchev–Trinajstić information content (AvgIpc) is 3.09. The first-order valence-corrected chi connectivity index (χ1v) is 9.66. The van der Waals surface area contributed by atoms with Gasteiger partial charge in [-0.1, -0.05) is 52.1 Å². The number of halogens is 1. The van der Waals surface area contributed by atoms with Gasteiger partial charge in [-0.2, -0.15) is 4.52 Å². The van der Waals surface area contributed by atoms with Crippen molar-refractivity contribution >= 4 is 34.6 Å². The van der Waals surface area contributed by atoms with Crippen LogP contribution in [0.4, 0.5) is 17.3 Å². The molecule has 27 heavy (non-hydrogen) atoms. The topological polar surface area (TPSA) is 92.9 Å². The summed E-state index contributed by atoms with van der Waals surface area (Å²) in [6.07, 6.45) is 2.25. The van der Waals surface area contributed by atoms with Crippen molar-refractivity contribution in [1.29, 1.82) is 0 Å². The molecule has 0 atom stereocenters. The Morgan fingerprint density at radius 2 is 1.81 bits per heavy atom. The molecule has 0 fully saturated rings. The minimum atomic E-state index is 0.199. The summed E-state index contributed by atoms with van der Waals surface area (Å²) in [5.74, 6) is 2.95. The van der Waals surface area contributed by atoms with Crippen LogP contribution in [0, 0.1) is 5.92 Å². The molecule has 3 aromatic rings. The first-order valence-electron chi connectivity index (χ1n) is 9.28. The largest absolute Gasteiger partial charge is 0.368 e. The van der Waals surface area contributed by atoms with Crippen LogP contribution in [-0.4, -0.2) is 36.6 Å². The second-order valence-electron chi connectivity index (χ2n) is 6.82. The van der Waals surface area contributed by atoms with Crippen molar-refractivity contribution in [2.75, 3.05) is 17.2 Å². The van der Waals surface area contributed by atoms with Crippen LogP contribution in [0.2, 0.25) is 5.15 Å². The highest BCUT2D eigenvalue weighted by molar-refractivity contribution is 6.29. The van der Waals surface area contributed by atoms with Gasteiger partial charge >= 0.3 is 0 Å². The fourth-order valence-corrected chi connectivity index (χ4v) is 2.88. The Bertz CT molecular complexity index is 886. The van der Waals surface area contributed by atoms with Gasteiger partial charge in [0.05, 0.1) is 5.69 Å². The molecular weight excluding hydrogens is 364 g/mol. The van der Waals surface area contributed by atoms with E-state index in [0.29, 0.717) is 22.5 Å². The van der Waals surface area contributed by atoms with Crippen LogP contribution in [0.1, 0.15) is 52.3 Å². The van der Waals surface area contributed by atoms with Gasteiger partial charge in [-0.25, -0.2) is 0 Å². The minimum Gasteiger partial charge on any atom is -0.368 e. The van der Waals surface area contributed by atoms with Crippen molar-refractivity contribution in [3.05, 3.63) is 29.2 Å². The molecule has 144 valence electrons. The highest BCUT2D eigenvalue weighted by Gasteiger charge is 2.16. The van der Waals surface area contributed by atoms with Gasteiger partial charge < -0.3 is 10.6 Å². The fraction of sp³-hybridized carbons (Fsp3) is 0.500. The molecule has 9 heteroatoms. The number of nitrogens with zero attached hydrogens (tertiary/aromatic N) is 6. The van der Waals surface area contributed by atoms with Gasteiger partial charge in [0.15, 0.2) is 16.8 Å². The van der Waals surface area contributed by atoms with Gasteiger partial charge in [-0.15, -0.1) is 25.5 Å². The standard InChI is InChI=1S/C18H25ClN8/c1-5-12(6-2)10-20-16-9-13(21-15-8-7-14(19)22-23-15)18-25-24-17(11(3)4)27(18)26-16/h7-9,11-12H,5-6,10H2,1-4H3,(H,20,26)(H,21,23). The van der Waals surface area contributed by atoms with Crippen molar-refractivity contribution in [3.63, 3.8) is 0 Å². The zero-order valence-corrected chi connectivity index (χ0v) is 16.8. The summed E-state index contributed by atoms with van der Waals surface area (Å²) in [7, 11) is 0. The first-order chi connectivity index (χ1) is 13.0. The molecule has 0 unspecified atom stereocenters. The van der Waals surface area contributed by atoms with E-state index in [4.69, 9.17) is 16.7 Å². The van der Waals surface area contributed by atoms with Crippen LogP contribution in [0.5, 0.6) is 0 Å². The number of hydrogen-bond acceptors (Lipinski definition) is 7. The van der Waals surface area contributed by atoms with E-state index in [2.05, 4.69) is 58.7 Å². The lowest BCUT2D eigenvalue weighted by molar-refractivity contribution is 0.518. The number of aromatic nitrogens is 6. The molecule has 3 heterocycles. The molecule has 0 aliphatic carbocycles. The third kappa shape index (κ3) is 4.44. The van der Waals surface area contributed by atoms with E-state index in [-0.39, 0.29) is 5.92 Å². The van der Waals surface area contributed by atoms with Crippen molar-refractivity contribution in [1.82, 2.24) is 30.0 Å². The van der Waals surface area contributed by atoms with E-state index in [1.165, 1.54) is 0 Å². The summed E-state index contributed by atoms with van der Waals surface area (Å²) in [6.45, 7) is 9.41. The van der Waals surface area contributed by atoms with Crippen molar-refractivity contribution < 1.29 is 0 Å². The average molecular weight is 389 g/mol. The molecule has 0 spiro atoms. The van der Waals surface area contributed by atoms with Gasteiger partial charge in [-0.3, -0.25) is 0 Å². The summed E-state index contributed by atoms with van der Waals surface area (Å²) in [4.78, 5) is 0. The number of nitrogens with one attached hydrogen (secondary N) is 2. The zero-order valence-electron chi connectivity index (χ0n) is 16.1. The molecule has 0 saturated carbocycles. The summed E-state index contributed by atoms with van der Waals surface area (Å²) >= 11 is 5.82. The van der Waals surface area contributed by atoms with Crippen LogP contribution in [-0.2, 0) is 0 Å². The summed E-state index contributed by atoms with van der Waals surface area (Å²) < 4.78 is 1.78. The second-order valence-corrected chi connectivity index (χ2v) is 7.21. The third-order valence-electron chi connectivity index (χ3n) is 4.53. The van der Waals surface area contributed by atoms with E-state index < -0.39 is 0 Å². The Hall–Kier alpha value is -2.48. The molecule has 3 aromatic heterocycles. The highest BCUT2D eigenvalue weighted by atomic mass is 35.5. The molecule has 0 aromatic carbocycles. The van der Waals surface area contributed by atoms with Gasteiger partial charge in [-0.05, 0) is 18.1 Å². The Balaban J connectivity index is 1.97. The Morgan fingerprint density at radius 3 is 2.44 bits per heavy atom. The van der Waals surface area contributed by atoms with Crippen molar-refractivity contribution in [2.24, 2.45) is 5.92 Å². The maximum atomic E-state index is 5.82. The lowest BCUT2D eigenvalue weighted by Gasteiger charge is -2.15. The second kappa shape index (κ2) is 8.47. The molecular formula is C18H25ClN8. The van der Waals surface area contributed by atoms with Crippen LogP contribution in [0.25, 0.3) is 5.65 Å². The van der Waals surface area contributed by atoms with E-state index in [0.717, 1.165) is 36.7 Å². The zero-order chi connectivity index (χ0) is 19.4. The molecule has 3 rings (SSSR count). The van der Waals surface area contributed by atoms with Gasteiger partial charge in [0, 0.05) is 18.5 Å². The Labute approximate surface area is 163 Å². The quantitative estimate of drug-likeness (QED) is 0.594. The van der Waals surface area contributed by atoms with Crippen molar-refractivity contribution in [2.45, 2.75) is 46.5 Å². The van der Waals surface area contributed by atoms with Crippen LogP contribution in [0.3, 0.4) is 0 Å². The molecule has 0 aliphatic heterocycles. The smallest absolute Gasteiger partial charge is 0.201 e. The number of fused-ring (bicyclic) bond motifs is 1. The fourth-order valence-electron chi connectivity index (χ4n) is 2.78. The monoisotopic (exact) mass is 388 g/mol. The number of rotatable bonds is 8. The number of anilines is 3. The third-order valence-corrected chi connectivity index (χ3v) is 4.73. The lowest BCUT2D eigenvalue weighted by Crippen LogP contribution is -2.15. The van der Waals surface area contributed by atoms with Gasteiger partial charge in [0.1, 0.15) is 5.82 Å².